The maximum absolute atomic E-state index is 10.1. The van der Waals surface area contributed by atoms with Crippen LogP contribution in [0.2, 0.25) is 0 Å². The summed E-state index contributed by atoms with van der Waals surface area (Å²) in [6, 6.07) is 0. The fraction of sp³-hybridized carbons (Fsp3) is 0.462. The second-order valence-corrected chi connectivity index (χ2v) is 4.51. The molecule has 0 amide bonds. The normalized spacial score (nSPS) is 22.9. The molecule has 0 aromatic heterocycles. The number of carbonyl (C=O) groups excluding carboxylic acids is 1. The zero-order valence-corrected chi connectivity index (χ0v) is 9.58. The largest absolute Gasteiger partial charge is 0.234 e. The van der Waals surface area contributed by atoms with E-state index in [1.54, 1.807) is 6.08 Å². The summed E-state index contributed by atoms with van der Waals surface area (Å²) in [5.74, 6) is 0.246. The number of nitrogens with zero attached hydrogens (tertiary/aromatic N) is 1. The van der Waals surface area contributed by atoms with E-state index in [0.717, 1.165) is 5.57 Å². The van der Waals surface area contributed by atoms with Crippen LogP contribution in [-0.4, -0.2) is 12.6 Å². The van der Waals surface area contributed by atoms with Gasteiger partial charge in [0.15, 0.2) is 0 Å². The van der Waals surface area contributed by atoms with Crippen molar-refractivity contribution in [2.24, 2.45) is 16.3 Å². The van der Waals surface area contributed by atoms with Crippen molar-refractivity contribution < 1.29 is 4.79 Å². The molecule has 1 rings (SSSR count). The fourth-order valence-corrected chi connectivity index (χ4v) is 2.06. The van der Waals surface area contributed by atoms with Crippen molar-refractivity contribution in [3.63, 3.8) is 0 Å². The van der Waals surface area contributed by atoms with Crippen LogP contribution in [0.5, 0.6) is 0 Å². The first-order valence-electron chi connectivity index (χ1n) is 5.08. The average Bonchev–Trinajstić information content (AvgIpc) is 2.14. The molecule has 1 unspecified atom stereocenters. The van der Waals surface area contributed by atoms with E-state index in [1.165, 1.54) is 5.57 Å². The quantitative estimate of drug-likeness (QED) is 0.512. The summed E-state index contributed by atoms with van der Waals surface area (Å²) in [6.07, 6.45) is 7.79. The van der Waals surface area contributed by atoms with Crippen LogP contribution in [0.3, 0.4) is 0 Å². The van der Waals surface area contributed by atoms with Crippen LogP contribution in [0, 0.1) is 11.3 Å². The first kappa shape index (κ1) is 11.7. The molecule has 1 aliphatic rings. The minimum Gasteiger partial charge on any atom is -0.211 e. The van der Waals surface area contributed by atoms with Crippen LogP contribution in [-0.2, 0) is 4.79 Å². The number of hydrogen-bond donors (Lipinski definition) is 0. The lowest BCUT2D eigenvalue weighted by atomic mass is 9.68. The van der Waals surface area contributed by atoms with Crippen molar-refractivity contribution >= 4 is 6.08 Å². The molecule has 0 heterocycles. The molecule has 0 saturated heterocycles. The zero-order chi connectivity index (χ0) is 11.5. The molecule has 15 heavy (non-hydrogen) atoms. The lowest BCUT2D eigenvalue weighted by molar-refractivity contribution is 0.326. The Morgan fingerprint density at radius 3 is 2.87 bits per heavy atom. The molecule has 0 spiro atoms. The van der Waals surface area contributed by atoms with E-state index in [0.29, 0.717) is 6.54 Å². The Hall–Kier alpha value is -1.40. The van der Waals surface area contributed by atoms with E-state index in [9.17, 15) is 4.79 Å². The summed E-state index contributed by atoms with van der Waals surface area (Å²) in [6.45, 7) is 10.8. The Morgan fingerprint density at radius 2 is 2.33 bits per heavy atom. The number of allylic oxidation sites excluding steroid dienone is 4. The van der Waals surface area contributed by atoms with Gasteiger partial charge in [-0.1, -0.05) is 44.2 Å². The number of isocyanates is 1. The van der Waals surface area contributed by atoms with Gasteiger partial charge in [0.25, 0.3) is 0 Å². The number of hydrogen-bond acceptors (Lipinski definition) is 2. The van der Waals surface area contributed by atoms with E-state index >= 15 is 0 Å². The summed E-state index contributed by atoms with van der Waals surface area (Å²) in [5.41, 5.74) is 2.29. The lowest BCUT2D eigenvalue weighted by Gasteiger charge is -2.36. The van der Waals surface area contributed by atoms with Gasteiger partial charge >= 0.3 is 0 Å². The van der Waals surface area contributed by atoms with Crippen molar-refractivity contribution in [1.82, 2.24) is 0 Å². The Balaban J connectivity index is 2.97. The highest BCUT2D eigenvalue weighted by Crippen LogP contribution is 2.41. The van der Waals surface area contributed by atoms with Crippen molar-refractivity contribution in [3.8, 4) is 0 Å². The van der Waals surface area contributed by atoms with Crippen molar-refractivity contribution in [2.45, 2.75) is 20.8 Å². The van der Waals surface area contributed by atoms with Crippen LogP contribution in [0.4, 0.5) is 0 Å². The van der Waals surface area contributed by atoms with Crippen molar-refractivity contribution in [3.05, 3.63) is 36.0 Å². The summed E-state index contributed by atoms with van der Waals surface area (Å²) in [4.78, 5) is 13.8. The van der Waals surface area contributed by atoms with Gasteiger partial charge in [-0.3, -0.25) is 0 Å². The van der Waals surface area contributed by atoms with Crippen LogP contribution < -0.4 is 0 Å². The summed E-state index contributed by atoms with van der Waals surface area (Å²) >= 11 is 0. The maximum Gasteiger partial charge on any atom is 0.234 e. The molecule has 1 aliphatic carbocycles. The molecule has 0 saturated carbocycles. The maximum atomic E-state index is 10.1. The predicted molar refractivity (Wildman–Crippen MR) is 62.3 cm³/mol. The van der Waals surface area contributed by atoms with Gasteiger partial charge in [0.05, 0.1) is 6.54 Å². The molecule has 0 aliphatic heterocycles. The smallest absolute Gasteiger partial charge is 0.211 e. The topological polar surface area (TPSA) is 29.4 Å². The first-order valence-corrected chi connectivity index (χ1v) is 5.08. The van der Waals surface area contributed by atoms with E-state index in [4.69, 9.17) is 0 Å². The summed E-state index contributed by atoms with van der Waals surface area (Å²) in [5, 5.41) is 0. The highest BCUT2D eigenvalue weighted by atomic mass is 16.1. The second kappa shape index (κ2) is 4.41. The van der Waals surface area contributed by atoms with Gasteiger partial charge < -0.3 is 0 Å². The molecule has 0 fully saturated rings. The lowest BCUT2D eigenvalue weighted by Crippen LogP contribution is -2.29. The highest BCUT2D eigenvalue weighted by Gasteiger charge is 2.33. The van der Waals surface area contributed by atoms with Crippen LogP contribution in [0.25, 0.3) is 0 Å². The molecule has 1 atom stereocenters. The Morgan fingerprint density at radius 1 is 1.67 bits per heavy atom. The van der Waals surface area contributed by atoms with Crippen LogP contribution >= 0.6 is 0 Å². The summed E-state index contributed by atoms with van der Waals surface area (Å²) in [7, 11) is 0. The first-order chi connectivity index (χ1) is 7.00. The zero-order valence-electron chi connectivity index (χ0n) is 9.58. The Labute approximate surface area is 91.1 Å². The predicted octanol–water partition coefficient (Wildman–Crippen LogP) is 3.04. The minimum atomic E-state index is -0.0130. The Bertz CT molecular complexity index is 368. The van der Waals surface area contributed by atoms with Gasteiger partial charge in [-0.15, -0.1) is 0 Å². The standard InChI is InChI=1S/C13H17NO/c1-10(2)12-7-5-6-11(8-14-9-15)13(12,3)4/h5-7,11H,1,8H2,2-4H3. The molecule has 0 aromatic rings. The van der Waals surface area contributed by atoms with Gasteiger partial charge in [0.1, 0.15) is 0 Å². The third-order valence-electron chi connectivity index (χ3n) is 3.04. The van der Waals surface area contributed by atoms with Gasteiger partial charge in [0, 0.05) is 5.92 Å². The molecular weight excluding hydrogens is 186 g/mol. The Kier molecular flexibility index (Phi) is 3.43. The molecule has 0 N–H and O–H groups in total. The highest BCUT2D eigenvalue weighted by molar-refractivity contribution is 5.40. The van der Waals surface area contributed by atoms with Crippen LogP contribution in [0.1, 0.15) is 20.8 Å². The average molecular weight is 203 g/mol. The van der Waals surface area contributed by atoms with Crippen LogP contribution in [0.15, 0.2) is 40.9 Å². The number of aliphatic imine (C=N–C) groups is 1. The summed E-state index contributed by atoms with van der Waals surface area (Å²) < 4.78 is 0. The molecule has 2 heteroatoms. The van der Waals surface area contributed by atoms with Gasteiger partial charge in [-0.25, -0.2) is 9.79 Å². The van der Waals surface area contributed by atoms with E-state index < -0.39 is 0 Å². The third kappa shape index (κ3) is 2.34. The number of rotatable bonds is 3. The SMILES string of the molecule is C=C(C)C1=CC=CC(CN=C=O)C1(C)C. The molecule has 2 nitrogen and oxygen atoms in total. The molecule has 0 bridgehead atoms. The second-order valence-electron chi connectivity index (χ2n) is 4.51. The fourth-order valence-electron chi connectivity index (χ4n) is 2.06. The van der Waals surface area contributed by atoms with Gasteiger partial charge in [0.2, 0.25) is 6.08 Å². The molecule has 0 aromatic carbocycles. The van der Waals surface area contributed by atoms with Gasteiger partial charge in [-0.2, -0.15) is 0 Å². The molecule has 0 radical (unpaired) electrons. The van der Waals surface area contributed by atoms with E-state index in [-0.39, 0.29) is 11.3 Å². The monoisotopic (exact) mass is 203 g/mol. The van der Waals surface area contributed by atoms with E-state index in [1.807, 2.05) is 13.0 Å². The third-order valence-corrected chi connectivity index (χ3v) is 3.04. The van der Waals surface area contributed by atoms with E-state index in [2.05, 4.69) is 37.6 Å². The molecule has 80 valence electrons. The molecular formula is C13H17NO. The minimum absolute atomic E-state index is 0.0130. The van der Waals surface area contributed by atoms with Crippen molar-refractivity contribution in [1.29, 1.82) is 0 Å². The van der Waals surface area contributed by atoms with Crippen molar-refractivity contribution in [2.75, 3.05) is 6.54 Å². The van der Waals surface area contributed by atoms with Gasteiger partial charge in [-0.05, 0) is 17.9 Å².